The Morgan fingerprint density at radius 2 is 2.00 bits per heavy atom. The van der Waals surface area contributed by atoms with Gasteiger partial charge in [-0.05, 0) is 13.8 Å². The van der Waals surface area contributed by atoms with E-state index in [1.165, 1.54) is 4.68 Å². The van der Waals surface area contributed by atoms with Crippen LogP contribution in [-0.2, 0) is 6.54 Å². The highest BCUT2D eigenvalue weighted by Gasteiger charge is 2.27. The van der Waals surface area contributed by atoms with Gasteiger partial charge in [0, 0.05) is 6.54 Å². The minimum Gasteiger partial charge on any atom is -0.445 e. The maximum absolute atomic E-state index is 12.2. The molecule has 1 aromatic rings. The third-order valence-electron chi connectivity index (χ3n) is 1.78. The monoisotopic (exact) mass is 204 g/mol. The fourth-order valence-electron chi connectivity index (χ4n) is 1.01. The number of aryl methyl sites for hydroxylation is 2. The number of allylic oxidation sites excluding steroid dienone is 1. The molecule has 0 saturated heterocycles. The Labute approximate surface area is 79.7 Å². The highest BCUT2D eigenvalue weighted by atomic mass is 19.4. The molecule has 0 atom stereocenters. The Morgan fingerprint density at radius 3 is 2.36 bits per heavy atom. The van der Waals surface area contributed by atoms with Gasteiger partial charge >= 0.3 is 6.98 Å². The first kappa shape index (κ1) is 10.8. The normalized spacial score (nSPS) is 11.8. The van der Waals surface area contributed by atoms with E-state index in [9.17, 15) is 12.9 Å². The predicted octanol–water partition coefficient (Wildman–Crippen LogP) is 1.84. The number of aromatic nitrogens is 3. The molecule has 0 fully saturated rings. The molecule has 0 spiro atoms. The number of rotatable bonds is 3. The number of nitrogens with zero attached hydrogens (tertiary/aromatic N) is 3. The zero-order chi connectivity index (χ0) is 10.9. The van der Waals surface area contributed by atoms with Gasteiger partial charge in [0.2, 0.25) is 0 Å². The van der Waals surface area contributed by atoms with Gasteiger partial charge in [0.25, 0.3) is 0 Å². The fourth-order valence-corrected chi connectivity index (χ4v) is 1.01. The van der Waals surface area contributed by atoms with Gasteiger partial charge < -0.3 is 12.9 Å². The van der Waals surface area contributed by atoms with E-state index in [2.05, 4.69) is 16.7 Å². The third kappa shape index (κ3) is 2.37. The summed E-state index contributed by atoms with van der Waals surface area (Å²) in [6, 6.07) is 0. The van der Waals surface area contributed by atoms with Gasteiger partial charge in [0.05, 0.1) is 0 Å². The highest BCUT2D eigenvalue weighted by Crippen LogP contribution is 2.19. The summed E-state index contributed by atoms with van der Waals surface area (Å²) in [7, 11) is 0. The molecule has 1 aromatic heterocycles. The van der Waals surface area contributed by atoms with Crippen molar-refractivity contribution in [2.24, 2.45) is 0 Å². The lowest BCUT2D eigenvalue weighted by Crippen LogP contribution is -2.23. The van der Waals surface area contributed by atoms with Crippen molar-refractivity contribution in [3.05, 3.63) is 23.7 Å². The summed E-state index contributed by atoms with van der Waals surface area (Å²) in [4.78, 5) is 3.90. The SMILES string of the molecule is C=C(Cn1nc(C)nc1C)[B-](F)(F)F. The van der Waals surface area contributed by atoms with E-state index < -0.39 is 12.4 Å². The lowest BCUT2D eigenvalue weighted by atomic mass is 9.80. The average molecular weight is 204 g/mol. The third-order valence-corrected chi connectivity index (χ3v) is 1.78. The van der Waals surface area contributed by atoms with Crippen molar-refractivity contribution in [3.63, 3.8) is 0 Å². The zero-order valence-electron chi connectivity index (χ0n) is 7.97. The minimum atomic E-state index is -4.99. The quantitative estimate of drug-likeness (QED) is 0.703. The van der Waals surface area contributed by atoms with E-state index in [0.29, 0.717) is 11.6 Å². The summed E-state index contributed by atoms with van der Waals surface area (Å²) in [6.45, 7) is 0.901. The molecule has 0 unspecified atom stereocenters. The molecule has 0 aromatic carbocycles. The first-order chi connectivity index (χ1) is 6.30. The maximum Gasteiger partial charge on any atom is 0.506 e. The molecular formula is C7H10BF3N3-. The van der Waals surface area contributed by atoms with Crippen LogP contribution in [0.2, 0.25) is 0 Å². The smallest absolute Gasteiger partial charge is 0.445 e. The predicted molar refractivity (Wildman–Crippen MR) is 47.7 cm³/mol. The molecule has 78 valence electrons. The largest absolute Gasteiger partial charge is 0.506 e. The maximum atomic E-state index is 12.2. The van der Waals surface area contributed by atoms with Crippen LogP contribution in [0.3, 0.4) is 0 Å². The molecule has 0 amide bonds. The highest BCUT2D eigenvalue weighted by molar-refractivity contribution is 6.66. The van der Waals surface area contributed by atoms with Crippen molar-refractivity contribution in [1.29, 1.82) is 0 Å². The molecule has 1 rings (SSSR count). The molecular weight excluding hydrogens is 194 g/mol. The number of halogens is 3. The topological polar surface area (TPSA) is 30.7 Å². The van der Waals surface area contributed by atoms with E-state index in [4.69, 9.17) is 0 Å². The van der Waals surface area contributed by atoms with E-state index in [1.54, 1.807) is 13.8 Å². The lowest BCUT2D eigenvalue weighted by Gasteiger charge is -2.17. The van der Waals surface area contributed by atoms with E-state index in [1.807, 2.05) is 0 Å². The summed E-state index contributed by atoms with van der Waals surface area (Å²) < 4.78 is 37.7. The summed E-state index contributed by atoms with van der Waals surface area (Å²) in [5, 5.41) is 3.82. The van der Waals surface area contributed by atoms with Gasteiger partial charge in [0.15, 0.2) is 0 Å². The molecule has 0 N–H and O–H groups in total. The van der Waals surface area contributed by atoms with Crippen molar-refractivity contribution in [1.82, 2.24) is 14.8 Å². The Balaban J connectivity index is 2.80. The van der Waals surface area contributed by atoms with Crippen LogP contribution < -0.4 is 0 Å². The minimum absolute atomic E-state index is 0.337. The van der Waals surface area contributed by atoms with Crippen molar-refractivity contribution in [2.45, 2.75) is 20.4 Å². The summed E-state index contributed by atoms with van der Waals surface area (Å²) >= 11 is 0. The van der Waals surface area contributed by atoms with Gasteiger partial charge in [-0.3, -0.25) is 0 Å². The van der Waals surface area contributed by atoms with Crippen LogP contribution in [0.15, 0.2) is 12.1 Å². The molecule has 0 saturated carbocycles. The van der Waals surface area contributed by atoms with Crippen molar-refractivity contribution >= 4 is 6.98 Å². The van der Waals surface area contributed by atoms with E-state index in [-0.39, 0.29) is 6.54 Å². The molecule has 14 heavy (non-hydrogen) atoms. The van der Waals surface area contributed by atoms with Gasteiger partial charge in [-0.15, -0.1) is 12.1 Å². The van der Waals surface area contributed by atoms with Crippen LogP contribution in [0.25, 0.3) is 0 Å². The summed E-state index contributed by atoms with van der Waals surface area (Å²) in [5.74, 6) is 0.925. The zero-order valence-corrected chi connectivity index (χ0v) is 7.97. The molecule has 0 bridgehead atoms. The molecule has 0 radical (unpaired) electrons. The van der Waals surface area contributed by atoms with Gasteiger partial charge in [-0.1, -0.05) is 0 Å². The van der Waals surface area contributed by atoms with Crippen LogP contribution >= 0.6 is 0 Å². The second-order valence-electron chi connectivity index (χ2n) is 3.10. The van der Waals surface area contributed by atoms with Crippen molar-refractivity contribution in [3.8, 4) is 0 Å². The Kier molecular flexibility index (Phi) is 2.68. The molecule has 1 heterocycles. The lowest BCUT2D eigenvalue weighted by molar-refractivity contribution is 0.478. The van der Waals surface area contributed by atoms with Crippen LogP contribution in [0, 0.1) is 13.8 Å². The Morgan fingerprint density at radius 1 is 1.43 bits per heavy atom. The first-order valence-corrected chi connectivity index (χ1v) is 4.06. The molecule has 3 nitrogen and oxygen atoms in total. The van der Waals surface area contributed by atoms with E-state index in [0.717, 1.165) is 0 Å². The van der Waals surface area contributed by atoms with Crippen molar-refractivity contribution in [2.75, 3.05) is 0 Å². The molecule has 7 heteroatoms. The molecule has 0 aliphatic carbocycles. The van der Waals surface area contributed by atoms with Crippen LogP contribution in [0.4, 0.5) is 12.9 Å². The van der Waals surface area contributed by atoms with Gasteiger partial charge in [-0.2, -0.15) is 5.10 Å². The average Bonchev–Trinajstić information content (AvgIpc) is 2.28. The molecule has 0 aliphatic heterocycles. The first-order valence-electron chi connectivity index (χ1n) is 4.06. The molecule has 0 aliphatic rings. The second kappa shape index (κ2) is 3.47. The van der Waals surface area contributed by atoms with Gasteiger partial charge in [0.1, 0.15) is 11.6 Å². The number of hydrogen-bond donors (Lipinski definition) is 0. The fraction of sp³-hybridized carbons (Fsp3) is 0.429. The Hall–Kier alpha value is -1.27. The summed E-state index contributed by atoms with van der Waals surface area (Å²) in [6.07, 6.45) is 0. The van der Waals surface area contributed by atoms with Crippen LogP contribution in [0.5, 0.6) is 0 Å². The van der Waals surface area contributed by atoms with E-state index >= 15 is 0 Å². The Bertz CT molecular complexity index is 356. The number of hydrogen-bond acceptors (Lipinski definition) is 2. The van der Waals surface area contributed by atoms with Crippen LogP contribution in [0.1, 0.15) is 11.6 Å². The van der Waals surface area contributed by atoms with Gasteiger partial charge in [-0.25, -0.2) is 9.67 Å². The summed E-state index contributed by atoms with van der Waals surface area (Å²) in [5.41, 5.74) is -0.766. The second-order valence-corrected chi connectivity index (χ2v) is 3.10. The standard InChI is InChI=1S/C7H10BF3N3/c1-5(8(9,10)11)4-14-7(3)12-6(2)13-14/h1,4H2,2-3H3/q-1. The van der Waals surface area contributed by atoms with Crippen molar-refractivity contribution < 1.29 is 12.9 Å². The van der Waals surface area contributed by atoms with Crippen LogP contribution in [-0.4, -0.2) is 21.7 Å².